The molecule has 0 heteroatoms. The fourth-order valence-corrected chi connectivity index (χ4v) is 6.17. The van der Waals surface area contributed by atoms with E-state index in [9.17, 15) is 0 Å². The van der Waals surface area contributed by atoms with Gasteiger partial charge >= 0.3 is 0 Å². The van der Waals surface area contributed by atoms with Crippen LogP contribution in [-0.4, -0.2) is 0 Å². The first-order valence-corrected chi connectivity index (χ1v) is 14.8. The zero-order valence-corrected chi connectivity index (χ0v) is 25.5. The molecule has 0 aliphatic heterocycles. The Morgan fingerprint density at radius 1 is 0.286 bits per heavy atom. The highest BCUT2D eigenvalue weighted by Gasteiger charge is 2.12. The van der Waals surface area contributed by atoms with E-state index in [4.69, 9.17) is 0 Å². The van der Waals surface area contributed by atoms with Gasteiger partial charge in [0.25, 0.3) is 0 Å². The van der Waals surface area contributed by atoms with Gasteiger partial charge in [-0.05, 0) is 150 Å². The van der Waals surface area contributed by atoms with Gasteiger partial charge in [0.2, 0.25) is 0 Å². The SMILES string of the molecule is Cc1cc(C)c(C)c(-c2cccc(-c3cc(-c4ccccc4)cc(-c4cccc(-c5cc(C)cc(C)c5C)c4)c3)c2)c1. The highest BCUT2D eigenvalue weighted by Crippen LogP contribution is 2.37. The van der Waals surface area contributed by atoms with E-state index in [1.165, 1.54) is 89.0 Å². The molecule has 0 aromatic heterocycles. The van der Waals surface area contributed by atoms with E-state index in [1.54, 1.807) is 0 Å². The molecule has 6 aromatic carbocycles. The summed E-state index contributed by atoms with van der Waals surface area (Å²) in [7, 11) is 0. The monoisotopic (exact) mass is 542 g/mol. The molecule has 0 nitrogen and oxygen atoms in total. The highest BCUT2D eigenvalue weighted by molar-refractivity contribution is 5.85. The topological polar surface area (TPSA) is 0 Å². The Bertz CT molecular complexity index is 1800. The molecular formula is C42H38. The molecule has 6 aromatic rings. The normalized spacial score (nSPS) is 11.1. The fourth-order valence-electron chi connectivity index (χ4n) is 6.17. The molecule has 0 spiro atoms. The highest BCUT2D eigenvalue weighted by atomic mass is 14.2. The summed E-state index contributed by atoms with van der Waals surface area (Å²) < 4.78 is 0. The standard InChI is InChI=1S/C42H38/c1-27-18-29(3)31(5)41(20-27)36-16-10-14-34(22-36)39-24-38(33-12-8-7-9-13-33)25-40(26-39)35-15-11-17-37(23-35)42-21-28(2)19-30(4)32(42)6/h7-26H,1-6H3. The van der Waals surface area contributed by atoms with Gasteiger partial charge in [-0.1, -0.05) is 102 Å². The summed E-state index contributed by atoms with van der Waals surface area (Å²) in [5.41, 5.74) is 20.4. The molecule has 0 amide bonds. The molecule has 0 atom stereocenters. The smallest absolute Gasteiger partial charge is 0.0149 e. The van der Waals surface area contributed by atoms with Crippen molar-refractivity contribution >= 4 is 0 Å². The lowest BCUT2D eigenvalue weighted by molar-refractivity contribution is 1.30. The van der Waals surface area contributed by atoms with Gasteiger partial charge < -0.3 is 0 Å². The van der Waals surface area contributed by atoms with Gasteiger partial charge in [0, 0.05) is 0 Å². The maximum atomic E-state index is 2.35. The Hall–Kier alpha value is -4.68. The second-order valence-electron chi connectivity index (χ2n) is 11.8. The molecule has 0 N–H and O–H groups in total. The van der Waals surface area contributed by atoms with Crippen molar-refractivity contribution in [2.75, 3.05) is 0 Å². The van der Waals surface area contributed by atoms with E-state index in [1.807, 2.05) is 0 Å². The summed E-state index contributed by atoms with van der Waals surface area (Å²) >= 11 is 0. The molecule has 0 fully saturated rings. The minimum Gasteiger partial charge on any atom is -0.0622 e. The Morgan fingerprint density at radius 2 is 0.643 bits per heavy atom. The van der Waals surface area contributed by atoms with Crippen molar-refractivity contribution in [3.8, 4) is 55.6 Å². The lowest BCUT2D eigenvalue weighted by atomic mass is 9.89. The van der Waals surface area contributed by atoms with Gasteiger partial charge in [-0.25, -0.2) is 0 Å². The second-order valence-corrected chi connectivity index (χ2v) is 11.8. The van der Waals surface area contributed by atoms with Crippen molar-refractivity contribution in [3.05, 3.63) is 155 Å². The molecule has 0 heterocycles. The minimum atomic E-state index is 1.23. The maximum absolute atomic E-state index is 2.35. The Morgan fingerprint density at radius 3 is 1.10 bits per heavy atom. The largest absolute Gasteiger partial charge is 0.0622 e. The summed E-state index contributed by atoms with van der Waals surface area (Å²) in [6, 6.07) is 45.0. The summed E-state index contributed by atoms with van der Waals surface area (Å²) in [6.45, 7) is 13.2. The lowest BCUT2D eigenvalue weighted by Crippen LogP contribution is -1.91. The minimum absolute atomic E-state index is 1.23. The Kier molecular flexibility index (Phi) is 7.40. The quantitative estimate of drug-likeness (QED) is 0.203. The van der Waals surface area contributed by atoms with Crippen LogP contribution in [0.5, 0.6) is 0 Å². The average Bonchev–Trinajstić information content (AvgIpc) is 3.01. The van der Waals surface area contributed by atoms with Crippen LogP contribution in [0.3, 0.4) is 0 Å². The van der Waals surface area contributed by atoms with Crippen LogP contribution in [0.4, 0.5) is 0 Å². The Labute approximate surface area is 251 Å². The van der Waals surface area contributed by atoms with E-state index >= 15 is 0 Å². The first-order valence-electron chi connectivity index (χ1n) is 14.8. The molecule has 0 aliphatic carbocycles. The third kappa shape index (κ3) is 5.46. The van der Waals surface area contributed by atoms with Crippen molar-refractivity contribution in [3.63, 3.8) is 0 Å². The van der Waals surface area contributed by atoms with Crippen LogP contribution in [0.1, 0.15) is 33.4 Å². The number of benzene rings is 6. The van der Waals surface area contributed by atoms with Crippen molar-refractivity contribution in [2.24, 2.45) is 0 Å². The fraction of sp³-hybridized carbons (Fsp3) is 0.143. The van der Waals surface area contributed by atoms with Crippen LogP contribution >= 0.6 is 0 Å². The van der Waals surface area contributed by atoms with E-state index in [0.29, 0.717) is 0 Å². The molecule has 42 heavy (non-hydrogen) atoms. The van der Waals surface area contributed by atoms with E-state index < -0.39 is 0 Å². The van der Waals surface area contributed by atoms with Gasteiger partial charge in [-0.15, -0.1) is 0 Å². The molecule has 0 saturated heterocycles. The summed E-state index contributed by atoms with van der Waals surface area (Å²) in [4.78, 5) is 0. The molecule has 0 aliphatic rings. The first-order chi connectivity index (χ1) is 20.3. The predicted octanol–water partition coefficient (Wildman–Crippen LogP) is 11.9. The number of aryl methyl sites for hydroxylation is 4. The van der Waals surface area contributed by atoms with Crippen molar-refractivity contribution < 1.29 is 0 Å². The third-order valence-corrected chi connectivity index (χ3v) is 8.68. The maximum Gasteiger partial charge on any atom is -0.0149 e. The molecule has 0 saturated carbocycles. The number of hydrogen-bond donors (Lipinski definition) is 0. The molecule has 206 valence electrons. The van der Waals surface area contributed by atoms with Crippen molar-refractivity contribution in [2.45, 2.75) is 41.5 Å². The summed E-state index contributed by atoms with van der Waals surface area (Å²) in [6.07, 6.45) is 0. The number of rotatable bonds is 5. The average molecular weight is 543 g/mol. The van der Waals surface area contributed by atoms with Gasteiger partial charge in [-0.2, -0.15) is 0 Å². The zero-order chi connectivity index (χ0) is 29.4. The molecular weight excluding hydrogens is 504 g/mol. The molecule has 0 unspecified atom stereocenters. The van der Waals surface area contributed by atoms with Crippen LogP contribution in [-0.2, 0) is 0 Å². The zero-order valence-electron chi connectivity index (χ0n) is 25.5. The summed E-state index contributed by atoms with van der Waals surface area (Å²) in [5, 5.41) is 0. The predicted molar refractivity (Wildman–Crippen MR) is 182 cm³/mol. The van der Waals surface area contributed by atoms with Crippen LogP contribution < -0.4 is 0 Å². The van der Waals surface area contributed by atoms with Crippen LogP contribution in [0.15, 0.2) is 121 Å². The van der Waals surface area contributed by atoms with Gasteiger partial charge in [0.05, 0.1) is 0 Å². The van der Waals surface area contributed by atoms with Crippen molar-refractivity contribution in [1.29, 1.82) is 0 Å². The van der Waals surface area contributed by atoms with Gasteiger partial charge in [0.15, 0.2) is 0 Å². The van der Waals surface area contributed by atoms with Crippen LogP contribution in [0.2, 0.25) is 0 Å². The van der Waals surface area contributed by atoms with Crippen molar-refractivity contribution in [1.82, 2.24) is 0 Å². The molecule has 0 bridgehead atoms. The third-order valence-electron chi connectivity index (χ3n) is 8.68. The van der Waals surface area contributed by atoms with Gasteiger partial charge in [-0.3, -0.25) is 0 Å². The molecule has 0 radical (unpaired) electrons. The first kappa shape index (κ1) is 27.5. The van der Waals surface area contributed by atoms with E-state index in [0.717, 1.165) is 0 Å². The number of hydrogen-bond acceptors (Lipinski definition) is 0. The van der Waals surface area contributed by atoms with E-state index in [2.05, 4.69) is 163 Å². The van der Waals surface area contributed by atoms with Crippen LogP contribution in [0, 0.1) is 41.5 Å². The summed E-state index contributed by atoms with van der Waals surface area (Å²) in [5.74, 6) is 0. The Balaban J connectivity index is 1.51. The van der Waals surface area contributed by atoms with Gasteiger partial charge in [0.1, 0.15) is 0 Å². The second kappa shape index (κ2) is 11.3. The lowest BCUT2D eigenvalue weighted by Gasteiger charge is -2.15. The van der Waals surface area contributed by atoms with E-state index in [-0.39, 0.29) is 0 Å². The van der Waals surface area contributed by atoms with Crippen LogP contribution in [0.25, 0.3) is 55.6 Å². The molecule has 6 rings (SSSR count).